The molecular weight excluding hydrogens is 154 g/mol. The summed E-state index contributed by atoms with van der Waals surface area (Å²) in [4.78, 5) is 0. The molecule has 0 spiro atoms. The second-order valence-electron chi connectivity index (χ2n) is 3.60. The number of nitrogens with one attached hydrogen (secondary N) is 1. The van der Waals surface area contributed by atoms with Gasteiger partial charge < -0.3 is 5.32 Å². The van der Waals surface area contributed by atoms with E-state index in [-0.39, 0.29) is 0 Å². The molecule has 0 aromatic rings. The third kappa shape index (κ3) is 3.48. The van der Waals surface area contributed by atoms with Gasteiger partial charge in [-0.3, -0.25) is 0 Å². The first kappa shape index (κ1) is 9.40. The molecule has 66 valence electrons. The van der Waals surface area contributed by atoms with E-state index in [1.807, 2.05) is 11.8 Å². The van der Waals surface area contributed by atoms with Crippen molar-refractivity contribution >= 4 is 11.8 Å². The fraction of sp³-hybridized carbons (Fsp3) is 1.00. The summed E-state index contributed by atoms with van der Waals surface area (Å²) >= 11 is 1.95. The Morgan fingerprint density at radius 2 is 2.27 bits per heavy atom. The van der Waals surface area contributed by atoms with E-state index in [0.29, 0.717) is 0 Å². The van der Waals surface area contributed by atoms with Gasteiger partial charge >= 0.3 is 0 Å². The Balaban J connectivity index is 1.92. The van der Waals surface area contributed by atoms with E-state index in [9.17, 15) is 0 Å². The molecule has 0 saturated heterocycles. The highest BCUT2D eigenvalue weighted by atomic mass is 32.2. The topological polar surface area (TPSA) is 12.0 Å². The minimum atomic E-state index is 0.839. The number of thioether (sulfide) groups is 1. The minimum Gasteiger partial charge on any atom is -0.314 e. The van der Waals surface area contributed by atoms with E-state index in [1.54, 1.807) is 0 Å². The molecule has 0 bridgehead atoms. The maximum absolute atomic E-state index is 3.59. The summed E-state index contributed by atoms with van der Waals surface area (Å²) in [6.07, 6.45) is 6.44. The average Bonchev–Trinajstić information content (AvgIpc) is 1.85. The monoisotopic (exact) mass is 173 g/mol. The van der Waals surface area contributed by atoms with E-state index < -0.39 is 0 Å². The van der Waals surface area contributed by atoms with Gasteiger partial charge in [0.2, 0.25) is 0 Å². The van der Waals surface area contributed by atoms with Crippen molar-refractivity contribution in [2.24, 2.45) is 5.92 Å². The molecular formula is C9H19NS. The second-order valence-corrected chi connectivity index (χ2v) is 4.51. The van der Waals surface area contributed by atoms with Gasteiger partial charge in [-0.1, -0.05) is 13.3 Å². The molecule has 2 heteroatoms. The van der Waals surface area contributed by atoms with Gasteiger partial charge in [-0.15, -0.1) is 0 Å². The first-order chi connectivity index (χ1) is 5.33. The Kier molecular flexibility index (Phi) is 4.31. The third-order valence-electron chi connectivity index (χ3n) is 2.31. The summed E-state index contributed by atoms with van der Waals surface area (Å²) in [5.41, 5.74) is 0. The molecule has 1 fully saturated rings. The van der Waals surface area contributed by atoms with Crippen LogP contribution in [0, 0.1) is 5.92 Å². The fourth-order valence-corrected chi connectivity index (χ4v) is 2.01. The lowest BCUT2D eigenvalue weighted by Crippen LogP contribution is -2.38. The van der Waals surface area contributed by atoms with Crippen molar-refractivity contribution in [2.75, 3.05) is 18.6 Å². The van der Waals surface area contributed by atoms with Gasteiger partial charge in [0.1, 0.15) is 0 Å². The maximum atomic E-state index is 3.59. The summed E-state index contributed by atoms with van der Waals surface area (Å²) in [5.74, 6) is 2.13. The van der Waals surface area contributed by atoms with E-state index >= 15 is 0 Å². The Bertz CT molecular complexity index is 102. The molecule has 1 aliphatic carbocycles. The molecule has 0 aromatic heterocycles. The van der Waals surface area contributed by atoms with Crippen molar-refractivity contribution in [2.45, 2.75) is 32.2 Å². The minimum absolute atomic E-state index is 0.839. The summed E-state index contributed by atoms with van der Waals surface area (Å²) in [6, 6.07) is 0.860. The van der Waals surface area contributed by atoms with Crippen LogP contribution < -0.4 is 5.32 Å². The molecule has 1 aliphatic rings. The first-order valence-electron chi connectivity index (χ1n) is 4.55. The van der Waals surface area contributed by atoms with Crippen LogP contribution in [0.4, 0.5) is 0 Å². The summed E-state index contributed by atoms with van der Waals surface area (Å²) < 4.78 is 0. The predicted octanol–water partition coefficient (Wildman–Crippen LogP) is 2.13. The van der Waals surface area contributed by atoms with Gasteiger partial charge in [-0.25, -0.2) is 0 Å². The van der Waals surface area contributed by atoms with Crippen LogP contribution in [0.25, 0.3) is 0 Å². The Morgan fingerprint density at radius 1 is 1.55 bits per heavy atom. The highest BCUT2D eigenvalue weighted by Gasteiger charge is 2.16. The lowest BCUT2D eigenvalue weighted by Gasteiger charge is -2.27. The number of hydrogen-bond donors (Lipinski definition) is 1. The molecule has 0 radical (unpaired) electrons. The zero-order valence-corrected chi connectivity index (χ0v) is 8.41. The van der Waals surface area contributed by atoms with Crippen LogP contribution in [0.15, 0.2) is 0 Å². The third-order valence-corrected chi connectivity index (χ3v) is 3.21. The zero-order valence-electron chi connectivity index (χ0n) is 7.60. The number of hydrogen-bond acceptors (Lipinski definition) is 2. The Labute approximate surface area is 74.3 Å². The van der Waals surface area contributed by atoms with E-state index in [0.717, 1.165) is 12.0 Å². The van der Waals surface area contributed by atoms with Crippen molar-refractivity contribution in [3.05, 3.63) is 0 Å². The van der Waals surface area contributed by atoms with Gasteiger partial charge in [0.25, 0.3) is 0 Å². The highest BCUT2D eigenvalue weighted by molar-refractivity contribution is 7.98. The van der Waals surface area contributed by atoms with Gasteiger partial charge in [0.05, 0.1) is 0 Å². The van der Waals surface area contributed by atoms with Crippen LogP contribution in [0.2, 0.25) is 0 Å². The smallest absolute Gasteiger partial charge is 0.00672 e. The quantitative estimate of drug-likeness (QED) is 0.683. The van der Waals surface area contributed by atoms with Crippen LogP contribution in [0.1, 0.15) is 26.2 Å². The molecule has 1 nitrogen and oxygen atoms in total. The largest absolute Gasteiger partial charge is 0.314 e. The fourth-order valence-electron chi connectivity index (χ4n) is 1.32. The van der Waals surface area contributed by atoms with Crippen LogP contribution in [0.5, 0.6) is 0 Å². The van der Waals surface area contributed by atoms with Crippen LogP contribution in [-0.4, -0.2) is 24.6 Å². The Hall–Kier alpha value is 0.310. The van der Waals surface area contributed by atoms with Crippen LogP contribution in [-0.2, 0) is 0 Å². The van der Waals surface area contributed by atoms with Crippen molar-refractivity contribution in [3.63, 3.8) is 0 Å². The zero-order chi connectivity index (χ0) is 8.10. The van der Waals surface area contributed by atoms with Crippen molar-refractivity contribution in [1.29, 1.82) is 0 Å². The molecule has 1 atom stereocenters. The van der Waals surface area contributed by atoms with Crippen LogP contribution >= 0.6 is 11.8 Å². The molecule has 11 heavy (non-hydrogen) atoms. The SMILES string of the molecule is CSCC(C)CNC1CCC1. The molecule has 1 unspecified atom stereocenters. The Morgan fingerprint density at radius 3 is 2.73 bits per heavy atom. The van der Waals surface area contributed by atoms with E-state index in [4.69, 9.17) is 0 Å². The lowest BCUT2D eigenvalue weighted by molar-refractivity contribution is 0.327. The van der Waals surface area contributed by atoms with Gasteiger partial charge in [0, 0.05) is 6.04 Å². The van der Waals surface area contributed by atoms with Gasteiger partial charge in [-0.05, 0) is 37.3 Å². The standard InChI is InChI=1S/C9H19NS/c1-8(7-11-2)6-10-9-4-3-5-9/h8-10H,3-7H2,1-2H3. The number of rotatable bonds is 5. The molecule has 1 saturated carbocycles. The van der Waals surface area contributed by atoms with Crippen molar-refractivity contribution < 1.29 is 0 Å². The molecule has 1 N–H and O–H groups in total. The van der Waals surface area contributed by atoms with Crippen molar-refractivity contribution in [3.8, 4) is 0 Å². The van der Waals surface area contributed by atoms with Gasteiger partial charge in [-0.2, -0.15) is 11.8 Å². The van der Waals surface area contributed by atoms with Crippen LogP contribution in [0.3, 0.4) is 0 Å². The normalized spacial score (nSPS) is 21.3. The summed E-state index contributed by atoms with van der Waals surface area (Å²) in [7, 11) is 0. The van der Waals surface area contributed by atoms with E-state index in [1.165, 1.54) is 31.6 Å². The predicted molar refractivity (Wildman–Crippen MR) is 53.2 cm³/mol. The molecule has 0 aromatic carbocycles. The average molecular weight is 173 g/mol. The highest BCUT2D eigenvalue weighted by Crippen LogP contribution is 2.18. The summed E-state index contributed by atoms with van der Waals surface area (Å²) in [5, 5.41) is 3.59. The lowest BCUT2D eigenvalue weighted by atomic mass is 9.93. The second kappa shape index (κ2) is 5.04. The van der Waals surface area contributed by atoms with Crippen molar-refractivity contribution in [1.82, 2.24) is 5.32 Å². The first-order valence-corrected chi connectivity index (χ1v) is 5.94. The molecule has 0 heterocycles. The van der Waals surface area contributed by atoms with Gasteiger partial charge in [0.15, 0.2) is 0 Å². The maximum Gasteiger partial charge on any atom is 0.00672 e. The molecule has 0 aliphatic heterocycles. The molecule has 1 rings (SSSR count). The molecule has 0 amide bonds. The summed E-state index contributed by atoms with van der Waals surface area (Å²) in [6.45, 7) is 3.54. The van der Waals surface area contributed by atoms with E-state index in [2.05, 4.69) is 18.5 Å².